The van der Waals surface area contributed by atoms with E-state index in [2.05, 4.69) is 5.32 Å². The van der Waals surface area contributed by atoms with Crippen molar-refractivity contribution in [2.75, 3.05) is 6.54 Å². The van der Waals surface area contributed by atoms with Crippen LogP contribution < -0.4 is 5.32 Å². The first-order valence-electron chi connectivity index (χ1n) is 4.66. The molecule has 1 nitrogen and oxygen atoms in total. The topological polar surface area (TPSA) is 12.0 Å². The van der Waals surface area contributed by atoms with Crippen molar-refractivity contribution < 1.29 is 0 Å². The minimum Gasteiger partial charge on any atom is -0.311 e. The lowest BCUT2D eigenvalue weighted by Crippen LogP contribution is -2.28. The Kier molecular flexibility index (Phi) is 1.69. The Bertz CT molecular complexity index is 165. The second-order valence-corrected chi connectivity index (χ2v) is 4.33. The molecule has 1 N–H and O–H groups in total. The van der Waals surface area contributed by atoms with Gasteiger partial charge in [0.05, 0.1) is 0 Å². The molecule has 2 aliphatic carbocycles. The molecule has 0 radical (unpaired) electrons. The number of fused-ring (bicyclic) bond motifs is 2. The average Bonchev–Trinajstić information content (AvgIpc) is 2.40. The maximum atomic E-state index is 3.71. The van der Waals surface area contributed by atoms with E-state index < -0.39 is 0 Å². The number of hydrogen-bond donors (Lipinski definition) is 1. The van der Waals surface area contributed by atoms with Crippen LogP contribution in [0.15, 0.2) is 0 Å². The maximum Gasteiger partial charge on any atom is 0.0214 e. The highest BCUT2D eigenvalue weighted by atomic mass is 35.5. The number of hydrogen-bond acceptors (Lipinski definition) is 1. The quantitative estimate of drug-likeness (QED) is 0.591. The van der Waals surface area contributed by atoms with Crippen LogP contribution in [0.25, 0.3) is 0 Å². The van der Waals surface area contributed by atoms with Crippen LogP contribution in [0, 0.1) is 11.8 Å². The molecule has 0 unspecified atom stereocenters. The van der Waals surface area contributed by atoms with Crippen LogP contribution in [0.3, 0.4) is 0 Å². The molecule has 0 aromatic heterocycles. The van der Waals surface area contributed by atoms with E-state index in [4.69, 9.17) is 0 Å². The van der Waals surface area contributed by atoms with Gasteiger partial charge in [-0.15, -0.1) is 12.4 Å². The zero-order valence-electron chi connectivity index (χ0n) is 6.81. The standard InChI is InChI=1S/C9H15N.ClH/c1-2-7-6-10-9(4-5-9)8(7)3-1;/h7-8,10H,1-6H2;1H/t7-,8-;/m1./s1. The first-order valence-corrected chi connectivity index (χ1v) is 4.66. The lowest BCUT2D eigenvalue weighted by molar-refractivity contribution is 0.396. The molecule has 2 heteroatoms. The van der Waals surface area contributed by atoms with Gasteiger partial charge < -0.3 is 5.32 Å². The predicted molar refractivity (Wildman–Crippen MR) is 48.0 cm³/mol. The molecule has 11 heavy (non-hydrogen) atoms. The molecule has 3 aliphatic rings. The molecule has 0 amide bonds. The van der Waals surface area contributed by atoms with Crippen LogP contribution in [-0.4, -0.2) is 12.1 Å². The van der Waals surface area contributed by atoms with E-state index in [9.17, 15) is 0 Å². The molecule has 0 aromatic rings. The van der Waals surface area contributed by atoms with Gasteiger partial charge >= 0.3 is 0 Å². The normalized spacial score (nSPS) is 43.6. The van der Waals surface area contributed by atoms with Gasteiger partial charge in [-0.2, -0.15) is 0 Å². The summed E-state index contributed by atoms with van der Waals surface area (Å²) >= 11 is 0. The van der Waals surface area contributed by atoms with Crippen molar-refractivity contribution in [3.05, 3.63) is 0 Å². The Hall–Kier alpha value is 0.250. The lowest BCUT2D eigenvalue weighted by Gasteiger charge is -2.15. The van der Waals surface area contributed by atoms with E-state index in [1.165, 1.54) is 38.6 Å². The van der Waals surface area contributed by atoms with E-state index in [0.29, 0.717) is 5.54 Å². The summed E-state index contributed by atoms with van der Waals surface area (Å²) in [5, 5.41) is 3.71. The monoisotopic (exact) mass is 173 g/mol. The van der Waals surface area contributed by atoms with Gasteiger partial charge in [-0.1, -0.05) is 6.42 Å². The molecule has 0 aromatic carbocycles. The van der Waals surface area contributed by atoms with Gasteiger partial charge in [-0.05, 0) is 44.1 Å². The van der Waals surface area contributed by atoms with Gasteiger partial charge in [0.25, 0.3) is 0 Å². The summed E-state index contributed by atoms with van der Waals surface area (Å²) in [6, 6.07) is 0. The van der Waals surface area contributed by atoms with Crippen LogP contribution in [0.5, 0.6) is 0 Å². The molecule has 2 atom stereocenters. The molecule has 1 aliphatic heterocycles. The molecule has 64 valence electrons. The summed E-state index contributed by atoms with van der Waals surface area (Å²) in [5.74, 6) is 2.16. The van der Waals surface area contributed by atoms with E-state index >= 15 is 0 Å². The largest absolute Gasteiger partial charge is 0.311 e. The molecule has 1 saturated heterocycles. The highest BCUT2D eigenvalue weighted by Crippen LogP contribution is 2.55. The zero-order valence-corrected chi connectivity index (χ0v) is 7.62. The van der Waals surface area contributed by atoms with Crippen LogP contribution in [0.2, 0.25) is 0 Å². The second kappa shape index (κ2) is 2.37. The molecular weight excluding hydrogens is 158 g/mol. The second-order valence-electron chi connectivity index (χ2n) is 4.33. The first-order chi connectivity index (χ1) is 4.91. The minimum atomic E-state index is 0. The fraction of sp³-hybridized carbons (Fsp3) is 1.00. The molecule has 1 spiro atoms. The Balaban J connectivity index is 0.000000480. The van der Waals surface area contributed by atoms with E-state index in [1.807, 2.05) is 0 Å². The van der Waals surface area contributed by atoms with Crippen molar-refractivity contribution in [1.29, 1.82) is 0 Å². The highest BCUT2D eigenvalue weighted by molar-refractivity contribution is 5.85. The number of halogens is 1. The fourth-order valence-electron chi connectivity index (χ4n) is 3.16. The Labute approximate surface area is 74.3 Å². The first kappa shape index (κ1) is 7.88. The van der Waals surface area contributed by atoms with Gasteiger partial charge in [-0.25, -0.2) is 0 Å². The third kappa shape index (κ3) is 0.940. The fourth-order valence-corrected chi connectivity index (χ4v) is 3.16. The van der Waals surface area contributed by atoms with Gasteiger partial charge in [0.2, 0.25) is 0 Å². The summed E-state index contributed by atoms with van der Waals surface area (Å²) < 4.78 is 0. The molecule has 3 rings (SSSR count). The zero-order chi connectivity index (χ0) is 6.60. The molecular formula is C9H16ClN. The van der Waals surface area contributed by atoms with Crippen LogP contribution in [0.1, 0.15) is 32.1 Å². The van der Waals surface area contributed by atoms with Gasteiger partial charge in [-0.3, -0.25) is 0 Å². The van der Waals surface area contributed by atoms with Crippen molar-refractivity contribution >= 4 is 12.4 Å². The molecule has 3 fully saturated rings. The van der Waals surface area contributed by atoms with Crippen molar-refractivity contribution in [3.8, 4) is 0 Å². The summed E-state index contributed by atoms with van der Waals surface area (Å²) in [6.07, 6.45) is 7.51. The van der Waals surface area contributed by atoms with Gasteiger partial charge in [0.15, 0.2) is 0 Å². The summed E-state index contributed by atoms with van der Waals surface area (Å²) in [4.78, 5) is 0. The Morgan fingerprint density at radius 3 is 2.73 bits per heavy atom. The van der Waals surface area contributed by atoms with Gasteiger partial charge in [0.1, 0.15) is 0 Å². The van der Waals surface area contributed by atoms with Crippen molar-refractivity contribution in [1.82, 2.24) is 5.32 Å². The summed E-state index contributed by atoms with van der Waals surface area (Å²) in [7, 11) is 0. The van der Waals surface area contributed by atoms with Crippen LogP contribution in [0.4, 0.5) is 0 Å². The third-order valence-electron chi connectivity index (χ3n) is 3.87. The molecule has 1 heterocycles. The Morgan fingerprint density at radius 2 is 2.00 bits per heavy atom. The molecule has 0 bridgehead atoms. The average molecular weight is 174 g/mol. The highest BCUT2D eigenvalue weighted by Gasteiger charge is 2.56. The van der Waals surface area contributed by atoms with E-state index in [0.717, 1.165) is 11.8 Å². The van der Waals surface area contributed by atoms with Crippen LogP contribution >= 0.6 is 12.4 Å². The van der Waals surface area contributed by atoms with E-state index in [1.54, 1.807) is 0 Å². The minimum absolute atomic E-state index is 0. The van der Waals surface area contributed by atoms with Crippen molar-refractivity contribution in [3.63, 3.8) is 0 Å². The maximum absolute atomic E-state index is 3.71. The van der Waals surface area contributed by atoms with Gasteiger partial charge in [0, 0.05) is 5.54 Å². The van der Waals surface area contributed by atoms with Crippen molar-refractivity contribution in [2.24, 2.45) is 11.8 Å². The third-order valence-corrected chi connectivity index (χ3v) is 3.87. The van der Waals surface area contributed by atoms with E-state index in [-0.39, 0.29) is 12.4 Å². The lowest BCUT2D eigenvalue weighted by atomic mass is 9.92. The predicted octanol–water partition coefficient (Wildman–Crippen LogP) is 1.96. The van der Waals surface area contributed by atoms with Crippen molar-refractivity contribution in [2.45, 2.75) is 37.6 Å². The van der Waals surface area contributed by atoms with Crippen LogP contribution in [-0.2, 0) is 0 Å². The number of nitrogens with one attached hydrogen (secondary N) is 1. The Morgan fingerprint density at radius 1 is 1.18 bits per heavy atom. The molecule has 2 saturated carbocycles. The number of rotatable bonds is 0. The smallest absolute Gasteiger partial charge is 0.0214 e. The summed E-state index contributed by atoms with van der Waals surface area (Å²) in [5.41, 5.74) is 0.696. The summed E-state index contributed by atoms with van der Waals surface area (Å²) in [6.45, 7) is 1.34. The SMILES string of the molecule is C1C[C@@H]2CNC3(CC3)[C@@H]2C1.Cl.